The third-order valence-electron chi connectivity index (χ3n) is 17.2. The highest BCUT2D eigenvalue weighted by atomic mass is 16.8. The normalized spacial score (nSPS) is 28.4. The van der Waals surface area contributed by atoms with Crippen LogP contribution in [0.1, 0.15) is 232 Å². The first-order valence-corrected chi connectivity index (χ1v) is 35.3. The van der Waals surface area contributed by atoms with Gasteiger partial charge in [-0.15, -0.1) is 0 Å². The number of nitrogens with one attached hydrogen (secondary N) is 1. The molecule has 0 saturated carbocycles. The Morgan fingerprint density at radius 2 is 0.758 bits per heavy atom. The molecule has 19 nitrogen and oxygen atoms in total. The van der Waals surface area contributed by atoms with Gasteiger partial charge in [0, 0.05) is 6.42 Å². The molecule has 3 saturated heterocycles. The fourth-order valence-electron chi connectivity index (χ4n) is 11.5. The molecule has 91 heavy (non-hydrogen) atoms. The molecule has 1 amide bonds. The van der Waals surface area contributed by atoms with Crippen molar-refractivity contribution in [2.24, 2.45) is 0 Å². The maximum Gasteiger partial charge on any atom is 0.220 e. The third-order valence-corrected chi connectivity index (χ3v) is 17.2. The van der Waals surface area contributed by atoms with Gasteiger partial charge in [-0.1, -0.05) is 240 Å². The second-order valence-electron chi connectivity index (χ2n) is 25.0. The van der Waals surface area contributed by atoms with Crippen molar-refractivity contribution < 1.29 is 89.4 Å². The first-order chi connectivity index (χ1) is 44.3. The van der Waals surface area contributed by atoms with E-state index in [1.165, 1.54) is 128 Å². The summed E-state index contributed by atoms with van der Waals surface area (Å²) in [6.07, 6.45) is 41.3. The quantitative estimate of drug-likeness (QED) is 0.0199. The van der Waals surface area contributed by atoms with Crippen LogP contribution in [0.4, 0.5) is 0 Å². The third kappa shape index (κ3) is 35.0. The van der Waals surface area contributed by atoms with Crippen LogP contribution in [0.25, 0.3) is 0 Å². The Kier molecular flexibility index (Phi) is 48.0. The van der Waals surface area contributed by atoms with Gasteiger partial charge >= 0.3 is 0 Å². The molecule has 3 aliphatic heterocycles. The molecule has 3 heterocycles. The molecule has 17 atom stereocenters. The molecule has 526 valence electrons. The van der Waals surface area contributed by atoms with E-state index in [0.717, 1.165) is 77.0 Å². The van der Waals surface area contributed by atoms with Gasteiger partial charge in [0.25, 0.3) is 0 Å². The Hall–Kier alpha value is -3.03. The lowest BCUT2D eigenvalue weighted by Crippen LogP contribution is -2.66. The van der Waals surface area contributed by atoms with Crippen LogP contribution in [-0.2, 0) is 33.2 Å². The molecular formula is C72H125NO18. The summed E-state index contributed by atoms with van der Waals surface area (Å²) in [5, 5.41) is 121. The van der Waals surface area contributed by atoms with Crippen molar-refractivity contribution >= 4 is 5.91 Å². The Morgan fingerprint density at radius 3 is 1.19 bits per heavy atom. The van der Waals surface area contributed by atoms with E-state index in [-0.39, 0.29) is 18.9 Å². The highest BCUT2D eigenvalue weighted by molar-refractivity contribution is 5.76. The van der Waals surface area contributed by atoms with Gasteiger partial charge in [-0.3, -0.25) is 4.79 Å². The van der Waals surface area contributed by atoms with Crippen LogP contribution in [0, 0.1) is 0 Å². The van der Waals surface area contributed by atoms with Crippen molar-refractivity contribution in [2.45, 2.75) is 336 Å². The molecule has 0 bridgehead atoms. The number of aliphatic hydroxyl groups excluding tert-OH is 11. The summed E-state index contributed by atoms with van der Waals surface area (Å²) < 4.78 is 34.3. The van der Waals surface area contributed by atoms with Gasteiger partial charge in [0.15, 0.2) is 18.9 Å². The maximum atomic E-state index is 13.4. The lowest BCUT2D eigenvalue weighted by Gasteiger charge is -2.48. The molecule has 0 aliphatic carbocycles. The molecule has 3 fully saturated rings. The number of unbranched alkanes of at least 4 members (excludes halogenated alkanes) is 25. The maximum absolute atomic E-state index is 13.4. The zero-order chi connectivity index (χ0) is 66.1. The van der Waals surface area contributed by atoms with Crippen LogP contribution in [0.5, 0.6) is 0 Å². The minimum atomic E-state index is -1.99. The summed E-state index contributed by atoms with van der Waals surface area (Å²) in [6.45, 7) is 1.59. The van der Waals surface area contributed by atoms with Crippen molar-refractivity contribution in [3.05, 3.63) is 85.1 Å². The highest BCUT2D eigenvalue weighted by Crippen LogP contribution is 2.33. The standard InChI is InChI=1S/C72H125NO18/c1-3-5-7-9-11-13-15-17-19-21-23-25-26-27-28-30-31-33-35-37-39-41-43-45-47-49-56(77)55(73-60(78)50-48-46-44-42-40-38-36-34-32-29-24-22-20-18-16-14-12-10-8-6-4-2)54-86-70-66(84)63(81)68(58(52-75)88-70)91-72-67(85)64(82)69(59(53-76)89-72)90-71-65(83)62(80)61(79)57(51-74)87-71/h6,8,12,14,18,20,24,29,34,36,40,42,47,49,55-59,61-72,74-77,79-85H,3-5,7,9-11,13,15-17,19,21-23,25-28,30-33,35,37-39,41,43-46,48,50-54H2,1-2H3,(H,73,78)/b8-6-,14-12-,20-18-,29-24-,36-34-,42-40-,49-47+. The lowest BCUT2D eigenvalue weighted by molar-refractivity contribution is -0.379. The van der Waals surface area contributed by atoms with E-state index in [2.05, 4.69) is 92.1 Å². The van der Waals surface area contributed by atoms with E-state index < -0.39 is 124 Å². The van der Waals surface area contributed by atoms with E-state index in [1.54, 1.807) is 6.08 Å². The summed E-state index contributed by atoms with van der Waals surface area (Å²) in [4.78, 5) is 13.4. The highest BCUT2D eigenvalue weighted by Gasteiger charge is 2.53. The second kappa shape index (κ2) is 53.2. The zero-order valence-electron chi connectivity index (χ0n) is 55.5. The van der Waals surface area contributed by atoms with Gasteiger partial charge in [-0.2, -0.15) is 0 Å². The van der Waals surface area contributed by atoms with Crippen molar-refractivity contribution in [3.63, 3.8) is 0 Å². The fraction of sp³-hybridized carbons (Fsp3) is 0.792. The average molecular weight is 1290 g/mol. The molecule has 0 aromatic rings. The summed E-state index contributed by atoms with van der Waals surface area (Å²) in [5.74, 6) is -0.319. The second-order valence-corrected chi connectivity index (χ2v) is 25.0. The van der Waals surface area contributed by atoms with Crippen LogP contribution in [0.15, 0.2) is 85.1 Å². The van der Waals surface area contributed by atoms with Gasteiger partial charge in [0.05, 0.1) is 38.6 Å². The van der Waals surface area contributed by atoms with E-state index in [4.69, 9.17) is 28.4 Å². The summed E-state index contributed by atoms with van der Waals surface area (Å²) in [6, 6.07) is -1.00. The summed E-state index contributed by atoms with van der Waals surface area (Å²) in [7, 11) is 0. The number of allylic oxidation sites excluding steroid dienone is 13. The van der Waals surface area contributed by atoms with Crippen molar-refractivity contribution in [1.82, 2.24) is 5.32 Å². The average Bonchev–Trinajstić information content (AvgIpc) is 0.883. The number of hydrogen-bond donors (Lipinski definition) is 12. The van der Waals surface area contributed by atoms with E-state index in [1.807, 2.05) is 6.08 Å². The number of hydrogen-bond acceptors (Lipinski definition) is 18. The number of carbonyl (C=O) groups is 1. The molecule has 3 rings (SSSR count). The van der Waals surface area contributed by atoms with Gasteiger partial charge < -0.3 is 89.9 Å². The monoisotopic (exact) mass is 1290 g/mol. The van der Waals surface area contributed by atoms with Crippen LogP contribution in [-0.4, -0.2) is 193 Å². The van der Waals surface area contributed by atoms with Crippen molar-refractivity contribution in [2.75, 3.05) is 26.4 Å². The van der Waals surface area contributed by atoms with Crippen LogP contribution < -0.4 is 5.32 Å². The Labute approximate surface area is 546 Å². The Bertz CT molecular complexity index is 1980. The van der Waals surface area contributed by atoms with E-state index in [0.29, 0.717) is 6.42 Å². The predicted molar refractivity (Wildman–Crippen MR) is 355 cm³/mol. The van der Waals surface area contributed by atoms with Crippen LogP contribution >= 0.6 is 0 Å². The first-order valence-electron chi connectivity index (χ1n) is 35.3. The van der Waals surface area contributed by atoms with Gasteiger partial charge in [-0.05, 0) is 70.6 Å². The molecular weight excluding hydrogens is 1170 g/mol. The molecule has 0 aromatic heterocycles. The topological polar surface area (TPSA) is 307 Å². The van der Waals surface area contributed by atoms with E-state index >= 15 is 0 Å². The first kappa shape index (κ1) is 82.2. The minimum absolute atomic E-state index is 0.184. The van der Waals surface area contributed by atoms with E-state index in [9.17, 15) is 61.0 Å². The molecule has 12 N–H and O–H groups in total. The number of amides is 1. The molecule has 0 radical (unpaired) electrons. The summed E-state index contributed by atoms with van der Waals surface area (Å²) >= 11 is 0. The van der Waals surface area contributed by atoms with Crippen LogP contribution in [0.2, 0.25) is 0 Å². The van der Waals surface area contributed by atoms with Gasteiger partial charge in [-0.25, -0.2) is 0 Å². The molecule has 0 aromatic carbocycles. The number of ether oxygens (including phenoxy) is 6. The lowest BCUT2D eigenvalue weighted by atomic mass is 9.96. The smallest absolute Gasteiger partial charge is 0.220 e. The van der Waals surface area contributed by atoms with Crippen LogP contribution in [0.3, 0.4) is 0 Å². The number of rotatable bonds is 53. The number of carbonyl (C=O) groups excluding carboxylic acids is 1. The summed E-state index contributed by atoms with van der Waals surface area (Å²) in [5.41, 5.74) is 0. The molecule has 17 unspecified atom stereocenters. The van der Waals surface area contributed by atoms with Crippen molar-refractivity contribution in [1.29, 1.82) is 0 Å². The largest absolute Gasteiger partial charge is 0.394 e. The predicted octanol–water partition coefficient (Wildman–Crippen LogP) is 9.49. The SMILES string of the molecule is CC/C=C\C/C=C\C/C=C\C/C=C\C/C=C\C/C=C\CCCCC(=O)NC(COC1OC(CO)C(OC2OC(CO)C(OC3OC(CO)C(O)C(O)C3O)C(O)C2O)C(O)C1O)C(O)/C=C/CCCCCCCCCCCCCCCCCCCCCCCCC. The molecule has 19 heteroatoms. The van der Waals surface area contributed by atoms with Gasteiger partial charge in [0.2, 0.25) is 5.91 Å². The Balaban J connectivity index is 1.46. The van der Waals surface area contributed by atoms with Crippen molar-refractivity contribution in [3.8, 4) is 0 Å². The molecule has 3 aliphatic rings. The minimum Gasteiger partial charge on any atom is -0.394 e. The molecule has 0 spiro atoms. The number of aliphatic hydroxyl groups is 11. The fourth-order valence-corrected chi connectivity index (χ4v) is 11.5. The Morgan fingerprint density at radius 1 is 0.407 bits per heavy atom. The van der Waals surface area contributed by atoms with Gasteiger partial charge in [0.1, 0.15) is 73.2 Å². The zero-order valence-corrected chi connectivity index (χ0v) is 55.5.